The summed E-state index contributed by atoms with van der Waals surface area (Å²) < 4.78 is 1.46. The Labute approximate surface area is 244 Å². The van der Waals surface area contributed by atoms with Crippen molar-refractivity contribution in [3.8, 4) is 5.75 Å². The number of oxime groups is 1. The Balaban J connectivity index is 0.00000380. The van der Waals surface area contributed by atoms with Crippen molar-refractivity contribution in [1.29, 1.82) is 0 Å². The van der Waals surface area contributed by atoms with Crippen molar-refractivity contribution in [2.24, 2.45) is 18.1 Å². The molecule has 2 aromatic rings. The molecule has 17 heteroatoms. The number of aromatic nitrogens is 3. The first-order valence-electron chi connectivity index (χ1n) is 10.4. The van der Waals surface area contributed by atoms with Gasteiger partial charge < -0.3 is 40.6 Å². The van der Waals surface area contributed by atoms with E-state index in [1.165, 1.54) is 29.6 Å². The average Bonchev–Trinajstić information content (AvgIpc) is 3.27. The second-order valence-corrected chi connectivity index (χ2v) is 10.9. The number of aryl methyl sites for hydroxylation is 1. The van der Waals surface area contributed by atoms with E-state index in [0.717, 1.165) is 23.1 Å². The van der Waals surface area contributed by atoms with Crippen LogP contribution in [0.5, 0.6) is 5.75 Å². The molecule has 0 aromatic carbocycles. The van der Waals surface area contributed by atoms with Gasteiger partial charge in [-0.1, -0.05) is 16.9 Å². The summed E-state index contributed by atoms with van der Waals surface area (Å²) in [4.78, 5) is 49.2. The van der Waals surface area contributed by atoms with Gasteiger partial charge in [-0.15, -0.1) is 11.3 Å². The first-order valence-corrected chi connectivity index (χ1v) is 13.3. The number of thiazole rings is 1. The van der Waals surface area contributed by atoms with Crippen molar-refractivity contribution in [2.45, 2.75) is 22.6 Å². The smallest absolute Gasteiger partial charge is 0.545 e. The average molecular weight is 577 g/mol. The second-order valence-electron chi connectivity index (χ2n) is 7.90. The predicted octanol–water partition coefficient (Wildman–Crippen LogP) is -4.69. The summed E-state index contributed by atoms with van der Waals surface area (Å²) in [5.74, 6) is -2.81. The molecule has 1 saturated carbocycles. The van der Waals surface area contributed by atoms with Crippen molar-refractivity contribution in [3.63, 3.8) is 0 Å². The summed E-state index contributed by atoms with van der Waals surface area (Å²) in [6.45, 7) is 0. The largest absolute Gasteiger partial charge is 1.00 e. The zero-order chi connectivity index (χ0) is 26.1. The Morgan fingerprint density at radius 2 is 2.16 bits per heavy atom. The van der Waals surface area contributed by atoms with Crippen LogP contribution < -0.4 is 51.3 Å². The van der Waals surface area contributed by atoms with E-state index in [-0.39, 0.29) is 57.4 Å². The number of carbonyl (C=O) groups excluding carboxylic acids is 2. The summed E-state index contributed by atoms with van der Waals surface area (Å²) in [5.41, 5.74) is 5.45. The molecule has 1 fully saturated rings. The van der Waals surface area contributed by atoms with Gasteiger partial charge in [-0.05, 0) is 11.1 Å². The van der Waals surface area contributed by atoms with Crippen LogP contribution in [0.15, 0.2) is 37.8 Å². The number of hydrogen-bond acceptors (Lipinski definition) is 14. The standard InChI is InChI=1S/C20H22N6O7S3.Na/c1-26-3-9(27)16(29)24-20(26)36-5-7-4-34-15-11(10(7)18(31)32)14(28)13(15)23-17(30)12(25-33-2)8-6-35-19(21)22-8;/h3,6,11,13-15,27-28H,4-5H2,1-2H3,(H2,21,22)(H,23,30)(H,31,32);/q;+1/p-1/b25-12-;/t11?,13-,14?,15+;/m1./s1. The molecule has 0 saturated heterocycles. The number of nitrogen functional groups attached to an aromatic ring is 1. The van der Waals surface area contributed by atoms with Gasteiger partial charge in [0.25, 0.3) is 5.91 Å². The van der Waals surface area contributed by atoms with Crippen LogP contribution in [0.2, 0.25) is 0 Å². The van der Waals surface area contributed by atoms with Gasteiger partial charge in [0.2, 0.25) is 0 Å². The first-order chi connectivity index (χ1) is 17.1. The van der Waals surface area contributed by atoms with Crippen LogP contribution in [0.25, 0.3) is 0 Å². The Hall–Kier alpha value is -2.08. The normalized spacial score (nSPS) is 22.9. The van der Waals surface area contributed by atoms with E-state index in [4.69, 9.17) is 10.6 Å². The molecular weight excluding hydrogens is 555 g/mol. The molecular formula is C20H21N6NaO7S3. The van der Waals surface area contributed by atoms with Gasteiger partial charge in [0.05, 0.1) is 24.3 Å². The van der Waals surface area contributed by atoms with Crippen molar-refractivity contribution >= 4 is 57.6 Å². The molecule has 1 amide bonds. The molecule has 0 bridgehead atoms. The predicted molar refractivity (Wildman–Crippen MR) is 132 cm³/mol. The molecule has 2 unspecified atom stereocenters. The van der Waals surface area contributed by atoms with Gasteiger partial charge in [-0.25, -0.2) is 4.98 Å². The Bertz CT molecular complexity index is 1330. The van der Waals surface area contributed by atoms with Crippen LogP contribution in [0, 0.1) is 5.92 Å². The molecule has 0 radical (unpaired) electrons. The fraction of sp³-hybridized carbons (Fsp3) is 0.400. The molecule has 37 heavy (non-hydrogen) atoms. The molecule has 5 N–H and O–H groups in total. The quantitative estimate of drug-likeness (QED) is 0.0769. The molecule has 1 aliphatic carbocycles. The third-order valence-corrected chi connectivity index (χ3v) is 8.99. The van der Waals surface area contributed by atoms with Crippen LogP contribution in [0.4, 0.5) is 5.13 Å². The van der Waals surface area contributed by atoms with Crippen LogP contribution >= 0.6 is 34.9 Å². The second kappa shape index (κ2) is 12.2. The number of aliphatic carboxylic acids is 1. The van der Waals surface area contributed by atoms with E-state index < -0.39 is 46.5 Å². The number of rotatable bonds is 8. The van der Waals surface area contributed by atoms with Crippen molar-refractivity contribution in [2.75, 3.05) is 24.3 Å². The number of aromatic hydroxyl groups is 1. The van der Waals surface area contributed by atoms with E-state index in [1.807, 2.05) is 0 Å². The number of carboxylic acid groups (broad SMARTS) is 1. The van der Waals surface area contributed by atoms with Gasteiger partial charge in [-0.2, -0.15) is 16.7 Å². The maximum Gasteiger partial charge on any atom is 1.00 e. The van der Waals surface area contributed by atoms with E-state index in [1.54, 1.807) is 12.4 Å². The number of nitrogens with one attached hydrogen (secondary N) is 1. The number of carbonyl (C=O) groups is 2. The third-order valence-electron chi connectivity index (χ3n) is 5.70. The van der Waals surface area contributed by atoms with E-state index in [9.17, 15) is 29.7 Å². The minimum Gasteiger partial charge on any atom is -0.545 e. The third kappa shape index (κ3) is 6.00. The molecule has 2 aliphatic rings. The zero-order valence-electron chi connectivity index (χ0n) is 19.9. The van der Waals surface area contributed by atoms with E-state index in [0.29, 0.717) is 16.5 Å². The number of carboxylic acids is 1. The fourth-order valence-electron chi connectivity index (χ4n) is 4.02. The van der Waals surface area contributed by atoms with Crippen LogP contribution in [0.1, 0.15) is 5.69 Å². The Kier molecular flexibility index (Phi) is 9.71. The van der Waals surface area contributed by atoms with Crippen LogP contribution in [-0.2, 0) is 21.5 Å². The molecule has 4 rings (SSSR count). The number of anilines is 1. The van der Waals surface area contributed by atoms with Crippen molar-refractivity contribution in [3.05, 3.63) is 38.8 Å². The van der Waals surface area contributed by atoms with E-state index in [2.05, 4.69) is 20.4 Å². The molecule has 4 atom stereocenters. The fourth-order valence-corrected chi connectivity index (χ4v) is 7.26. The number of amides is 1. The number of nitrogens with zero attached hydrogens (tertiary/aromatic N) is 4. The topological polar surface area (TPSA) is 205 Å². The minimum absolute atomic E-state index is 0. The molecule has 192 valence electrons. The number of hydrogen-bond donors (Lipinski definition) is 4. The summed E-state index contributed by atoms with van der Waals surface area (Å²) >= 11 is 3.65. The molecule has 13 nitrogen and oxygen atoms in total. The maximum absolute atomic E-state index is 12.9. The Morgan fingerprint density at radius 1 is 1.43 bits per heavy atom. The zero-order valence-corrected chi connectivity index (χ0v) is 24.4. The number of aliphatic hydroxyl groups excluding tert-OH is 1. The van der Waals surface area contributed by atoms with Gasteiger partial charge in [0.15, 0.2) is 21.7 Å². The SMILES string of the molecule is CO/N=C(\C(=O)N[C@@H]1C(O)C2C(C(=O)[O-])=C(CSc3nc(=O)c(O)cn3C)CS[C@@H]21)c1csc(N)n1.[Na+]. The molecule has 1 aliphatic heterocycles. The molecule has 2 aromatic heterocycles. The van der Waals surface area contributed by atoms with Gasteiger partial charge in [0, 0.05) is 35.1 Å². The Morgan fingerprint density at radius 3 is 2.78 bits per heavy atom. The number of nitrogens with two attached hydrogens (primary N) is 1. The number of thioether (sulfide) groups is 2. The van der Waals surface area contributed by atoms with Crippen LogP contribution in [0.3, 0.4) is 0 Å². The van der Waals surface area contributed by atoms with Crippen LogP contribution in [-0.4, -0.2) is 78.3 Å². The van der Waals surface area contributed by atoms with Crippen molar-refractivity contribution < 1.29 is 59.3 Å². The minimum atomic E-state index is -1.41. The van der Waals surface area contributed by atoms with Gasteiger partial charge in [-0.3, -0.25) is 9.59 Å². The van der Waals surface area contributed by atoms with E-state index >= 15 is 0 Å². The molecule has 3 heterocycles. The first kappa shape index (κ1) is 29.5. The van der Waals surface area contributed by atoms with Gasteiger partial charge >= 0.3 is 35.1 Å². The summed E-state index contributed by atoms with van der Waals surface area (Å²) in [6, 6.07) is -0.742. The summed E-state index contributed by atoms with van der Waals surface area (Å²) in [7, 11) is 2.87. The molecule has 0 spiro atoms. The summed E-state index contributed by atoms with van der Waals surface area (Å²) in [6.07, 6.45) is 0.0432. The number of fused-ring (bicyclic) bond motifs is 1. The maximum atomic E-state index is 12.9. The number of aliphatic hydroxyl groups is 1. The summed E-state index contributed by atoms with van der Waals surface area (Å²) in [5, 5.41) is 40.4. The monoisotopic (exact) mass is 576 g/mol. The van der Waals surface area contributed by atoms with Gasteiger partial charge in [0.1, 0.15) is 12.8 Å². The van der Waals surface area contributed by atoms with Crippen molar-refractivity contribution in [1.82, 2.24) is 19.9 Å².